The Balaban J connectivity index is 1.52. The summed E-state index contributed by atoms with van der Waals surface area (Å²) in [5.41, 5.74) is -0.933. The van der Waals surface area contributed by atoms with Gasteiger partial charge >= 0.3 is 12.0 Å². The lowest BCUT2D eigenvalue weighted by Gasteiger charge is -2.36. The molecule has 10 heteroatoms. The van der Waals surface area contributed by atoms with E-state index in [0.29, 0.717) is 12.2 Å². The highest BCUT2D eigenvalue weighted by molar-refractivity contribution is 6.09. The maximum Gasteiger partial charge on any atom is 0.326 e. The molecule has 0 aromatic carbocycles. The number of aromatic nitrogens is 1. The molecule has 1 aliphatic carbocycles. The van der Waals surface area contributed by atoms with Crippen molar-refractivity contribution in [3.8, 4) is 0 Å². The maximum absolute atomic E-state index is 12.8. The fourth-order valence-corrected chi connectivity index (χ4v) is 3.56. The SMILES string of the molecule is Cc1cc(NC(=O)COC(=O)CN2C(=O)N[C@]3(CCCC[C@@H]3C)C2=O)no1. The molecule has 0 unspecified atom stereocenters. The largest absolute Gasteiger partial charge is 0.454 e. The molecule has 2 fully saturated rings. The average Bonchev–Trinajstić information content (AvgIpc) is 3.12. The number of urea groups is 1. The Hall–Kier alpha value is -2.91. The molecule has 2 heterocycles. The van der Waals surface area contributed by atoms with E-state index in [-0.39, 0.29) is 11.7 Å². The van der Waals surface area contributed by atoms with Gasteiger partial charge in [0.05, 0.1) is 0 Å². The summed E-state index contributed by atoms with van der Waals surface area (Å²) >= 11 is 0. The Labute approximate surface area is 155 Å². The van der Waals surface area contributed by atoms with Crippen LogP contribution in [0.25, 0.3) is 0 Å². The van der Waals surface area contributed by atoms with Gasteiger partial charge in [-0.3, -0.25) is 19.3 Å². The highest BCUT2D eigenvalue weighted by Crippen LogP contribution is 2.38. The summed E-state index contributed by atoms with van der Waals surface area (Å²) in [6.07, 6.45) is 3.25. The van der Waals surface area contributed by atoms with Gasteiger partial charge in [0.15, 0.2) is 12.4 Å². The second kappa shape index (κ2) is 7.37. The molecule has 146 valence electrons. The van der Waals surface area contributed by atoms with Crippen molar-refractivity contribution in [2.45, 2.75) is 45.1 Å². The minimum Gasteiger partial charge on any atom is -0.454 e. The van der Waals surface area contributed by atoms with E-state index < -0.39 is 42.5 Å². The van der Waals surface area contributed by atoms with E-state index in [0.717, 1.165) is 24.2 Å². The zero-order valence-corrected chi connectivity index (χ0v) is 15.2. The van der Waals surface area contributed by atoms with Crippen molar-refractivity contribution in [3.63, 3.8) is 0 Å². The number of amides is 4. The predicted molar refractivity (Wildman–Crippen MR) is 91.4 cm³/mol. The number of hydrogen-bond donors (Lipinski definition) is 2. The molecule has 4 amide bonds. The molecule has 2 N–H and O–H groups in total. The van der Waals surface area contributed by atoms with Gasteiger partial charge in [-0.2, -0.15) is 0 Å². The monoisotopic (exact) mass is 378 g/mol. The molecule has 0 radical (unpaired) electrons. The van der Waals surface area contributed by atoms with E-state index in [1.807, 2.05) is 6.92 Å². The number of hydrogen-bond acceptors (Lipinski definition) is 7. The smallest absolute Gasteiger partial charge is 0.326 e. The third-order valence-corrected chi connectivity index (χ3v) is 5.05. The van der Waals surface area contributed by atoms with Crippen molar-refractivity contribution in [1.82, 2.24) is 15.4 Å². The molecular weight excluding hydrogens is 356 g/mol. The summed E-state index contributed by atoms with van der Waals surface area (Å²) < 4.78 is 9.67. The summed E-state index contributed by atoms with van der Waals surface area (Å²) in [5, 5.41) is 8.74. The standard InChI is InChI=1S/C17H22N4O6/c1-10-5-3-4-6-17(10)15(24)21(16(25)19-17)8-14(23)26-9-13(22)18-12-7-11(2)27-20-12/h7,10H,3-6,8-9H2,1-2H3,(H,19,25)(H,18,20,22)/t10-,17-/m0/s1. The fraction of sp³-hybridized carbons (Fsp3) is 0.588. The Morgan fingerprint density at radius 1 is 1.44 bits per heavy atom. The van der Waals surface area contributed by atoms with Gasteiger partial charge in [0.2, 0.25) is 0 Å². The molecule has 27 heavy (non-hydrogen) atoms. The number of aryl methyl sites for hydroxylation is 1. The van der Waals surface area contributed by atoms with E-state index in [9.17, 15) is 19.2 Å². The first-order valence-corrected chi connectivity index (χ1v) is 8.85. The summed E-state index contributed by atoms with van der Waals surface area (Å²) in [4.78, 5) is 49.6. The van der Waals surface area contributed by atoms with Gasteiger partial charge in [0.1, 0.15) is 17.8 Å². The molecule has 1 spiro atoms. The van der Waals surface area contributed by atoms with E-state index in [1.165, 1.54) is 6.07 Å². The number of rotatable bonds is 5. The molecule has 2 aliphatic rings. The van der Waals surface area contributed by atoms with Crippen LogP contribution < -0.4 is 10.6 Å². The van der Waals surface area contributed by atoms with Gasteiger partial charge in [0.25, 0.3) is 11.8 Å². The number of ether oxygens (including phenoxy) is 1. The number of nitrogens with zero attached hydrogens (tertiary/aromatic N) is 2. The topological polar surface area (TPSA) is 131 Å². The second-order valence-electron chi connectivity index (χ2n) is 6.97. The fourth-order valence-electron chi connectivity index (χ4n) is 3.56. The summed E-state index contributed by atoms with van der Waals surface area (Å²) in [6.45, 7) is 2.50. The molecule has 1 aromatic rings. The minimum absolute atomic E-state index is 0.000384. The van der Waals surface area contributed by atoms with Crippen molar-refractivity contribution in [2.75, 3.05) is 18.5 Å². The van der Waals surface area contributed by atoms with E-state index in [2.05, 4.69) is 15.8 Å². The van der Waals surface area contributed by atoms with Crippen LogP contribution in [-0.2, 0) is 19.1 Å². The van der Waals surface area contributed by atoms with Crippen LogP contribution in [0, 0.1) is 12.8 Å². The highest BCUT2D eigenvalue weighted by Gasteiger charge is 2.55. The first-order valence-electron chi connectivity index (χ1n) is 8.85. The normalized spacial score (nSPS) is 24.8. The predicted octanol–water partition coefficient (Wildman–Crippen LogP) is 0.965. The van der Waals surface area contributed by atoms with Crippen molar-refractivity contribution in [2.24, 2.45) is 5.92 Å². The van der Waals surface area contributed by atoms with E-state index >= 15 is 0 Å². The zero-order chi connectivity index (χ0) is 19.6. The molecule has 0 bridgehead atoms. The number of imide groups is 1. The maximum atomic E-state index is 12.8. The first-order chi connectivity index (χ1) is 12.8. The van der Waals surface area contributed by atoms with Gasteiger partial charge in [-0.05, 0) is 25.7 Å². The van der Waals surface area contributed by atoms with Crippen LogP contribution in [-0.4, -0.2) is 52.6 Å². The second-order valence-corrected chi connectivity index (χ2v) is 6.97. The summed E-state index contributed by atoms with van der Waals surface area (Å²) in [7, 11) is 0. The quantitative estimate of drug-likeness (QED) is 0.576. The number of esters is 1. The van der Waals surface area contributed by atoms with Gasteiger partial charge in [-0.25, -0.2) is 4.79 Å². The minimum atomic E-state index is -0.933. The van der Waals surface area contributed by atoms with Crippen LogP contribution >= 0.6 is 0 Å². The summed E-state index contributed by atoms with van der Waals surface area (Å²) in [5.74, 6) is -1.13. The molecule has 10 nitrogen and oxygen atoms in total. The Bertz CT molecular complexity index is 775. The van der Waals surface area contributed by atoms with Crippen LogP contribution in [0.15, 0.2) is 10.6 Å². The molecule has 1 saturated carbocycles. The van der Waals surface area contributed by atoms with Gasteiger partial charge in [0, 0.05) is 6.07 Å². The first kappa shape index (κ1) is 18.9. The van der Waals surface area contributed by atoms with E-state index in [4.69, 9.17) is 9.26 Å². The van der Waals surface area contributed by atoms with Crippen molar-refractivity contribution in [1.29, 1.82) is 0 Å². The molecule has 1 saturated heterocycles. The molecule has 2 atom stereocenters. The summed E-state index contributed by atoms with van der Waals surface area (Å²) in [6, 6.07) is 0.908. The number of nitrogens with one attached hydrogen (secondary N) is 2. The van der Waals surface area contributed by atoms with Crippen LogP contribution in [0.1, 0.15) is 38.4 Å². The Morgan fingerprint density at radius 2 is 2.22 bits per heavy atom. The van der Waals surface area contributed by atoms with Crippen LogP contribution in [0.5, 0.6) is 0 Å². The van der Waals surface area contributed by atoms with Crippen LogP contribution in [0.2, 0.25) is 0 Å². The third-order valence-electron chi connectivity index (χ3n) is 5.05. The Morgan fingerprint density at radius 3 is 2.89 bits per heavy atom. The average molecular weight is 378 g/mol. The van der Waals surface area contributed by atoms with Gasteiger partial charge < -0.3 is 19.9 Å². The lowest BCUT2D eigenvalue weighted by Crippen LogP contribution is -2.54. The molecule has 3 rings (SSSR count). The molecule has 1 aliphatic heterocycles. The number of carbonyl (C=O) groups is 4. The van der Waals surface area contributed by atoms with Crippen molar-refractivity contribution in [3.05, 3.63) is 11.8 Å². The third kappa shape index (κ3) is 3.79. The number of anilines is 1. The van der Waals surface area contributed by atoms with Crippen molar-refractivity contribution >= 4 is 29.6 Å². The van der Waals surface area contributed by atoms with Crippen LogP contribution in [0.3, 0.4) is 0 Å². The van der Waals surface area contributed by atoms with Gasteiger partial charge in [-0.1, -0.05) is 24.9 Å². The molecular formula is C17H22N4O6. The zero-order valence-electron chi connectivity index (χ0n) is 15.2. The van der Waals surface area contributed by atoms with E-state index in [1.54, 1.807) is 6.92 Å². The van der Waals surface area contributed by atoms with Gasteiger partial charge in [-0.15, -0.1) is 0 Å². The Kier molecular flexibility index (Phi) is 5.15. The molecule has 1 aromatic heterocycles. The lowest BCUT2D eigenvalue weighted by molar-refractivity contribution is -0.150. The number of carbonyl (C=O) groups excluding carboxylic acids is 4. The van der Waals surface area contributed by atoms with Crippen molar-refractivity contribution < 1.29 is 28.4 Å². The van der Waals surface area contributed by atoms with Crippen LogP contribution in [0.4, 0.5) is 10.6 Å². The lowest BCUT2D eigenvalue weighted by atomic mass is 9.73. The highest BCUT2D eigenvalue weighted by atomic mass is 16.5.